The van der Waals surface area contributed by atoms with Crippen molar-refractivity contribution in [1.82, 2.24) is 14.7 Å². The Bertz CT molecular complexity index is 1690. The molecule has 50 heavy (non-hydrogen) atoms. The standard InChI is InChI=1S/C34H37N5O10S/c1-35(33(41)48-20-23-3-9-26(10-4-23)38(43)44)28-15-16-36(18-28)32(40)31-17-30(50-22-25-7-13-29(47-2)14-8-25)19-37(31)34(42)49-21-24-5-11-27(12-6-24)39(45)46/h3-14,28,30-31H,15-22H2,1-2H3/t28-,30-,31-/m0/s1. The smallest absolute Gasteiger partial charge is 0.410 e. The van der Waals surface area contributed by atoms with E-state index in [0.717, 1.165) is 11.3 Å². The molecule has 0 aliphatic carbocycles. The summed E-state index contributed by atoms with van der Waals surface area (Å²) in [5, 5.41) is 21.8. The number of carbonyl (C=O) groups excluding carboxylic acids is 3. The van der Waals surface area contributed by atoms with Gasteiger partial charge in [-0.3, -0.25) is 29.9 Å². The molecule has 3 atom stereocenters. The van der Waals surface area contributed by atoms with Gasteiger partial charge < -0.3 is 24.0 Å². The molecule has 0 radical (unpaired) electrons. The lowest BCUT2D eigenvalue weighted by atomic mass is 10.2. The lowest BCUT2D eigenvalue weighted by Crippen LogP contribution is -2.48. The van der Waals surface area contributed by atoms with Crippen molar-refractivity contribution < 1.29 is 38.4 Å². The van der Waals surface area contributed by atoms with Crippen molar-refractivity contribution in [2.24, 2.45) is 0 Å². The zero-order valence-electron chi connectivity index (χ0n) is 27.5. The molecule has 2 saturated heterocycles. The fourth-order valence-corrected chi connectivity index (χ4v) is 7.02. The van der Waals surface area contributed by atoms with Crippen LogP contribution in [-0.4, -0.2) is 93.8 Å². The number of likely N-dealkylation sites (tertiary alicyclic amines) is 2. The summed E-state index contributed by atoms with van der Waals surface area (Å²) < 4.78 is 16.2. The highest BCUT2D eigenvalue weighted by Crippen LogP contribution is 2.33. The van der Waals surface area contributed by atoms with Crippen LogP contribution < -0.4 is 4.74 Å². The van der Waals surface area contributed by atoms with E-state index in [-0.39, 0.29) is 48.3 Å². The zero-order valence-corrected chi connectivity index (χ0v) is 28.4. The molecule has 0 bridgehead atoms. The van der Waals surface area contributed by atoms with Crippen molar-refractivity contribution >= 4 is 41.2 Å². The Labute approximate surface area is 292 Å². The van der Waals surface area contributed by atoms with Gasteiger partial charge in [-0.25, -0.2) is 9.59 Å². The van der Waals surface area contributed by atoms with Gasteiger partial charge >= 0.3 is 12.2 Å². The van der Waals surface area contributed by atoms with Gasteiger partial charge in [-0.1, -0.05) is 12.1 Å². The number of hydrogen-bond acceptors (Lipinski definition) is 11. The fraction of sp³-hybridized carbons (Fsp3) is 0.382. The van der Waals surface area contributed by atoms with Gasteiger partial charge in [0.05, 0.1) is 23.0 Å². The van der Waals surface area contributed by atoms with Gasteiger partial charge in [0.25, 0.3) is 11.4 Å². The first-order chi connectivity index (χ1) is 24.0. The van der Waals surface area contributed by atoms with Crippen LogP contribution in [0.25, 0.3) is 0 Å². The largest absolute Gasteiger partial charge is 0.497 e. The van der Waals surface area contributed by atoms with Crippen LogP contribution in [0.2, 0.25) is 0 Å². The third-order valence-electron chi connectivity index (χ3n) is 8.76. The molecule has 2 aliphatic rings. The maximum atomic E-state index is 14.0. The zero-order chi connectivity index (χ0) is 35.8. The Balaban J connectivity index is 1.20. The predicted molar refractivity (Wildman–Crippen MR) is 182 cm³/mol. The van der Waals surface area contributed by atoms with E-state index in [1.54, 1.807) is 30.8 Å². The van der Waals surface area contributed by atoms with Gasteiger partial charge in [-0.05, 0) is 65.9 Å². The lowest BCUT2D eigenvalue weighted by Gasteiger charge is -2.28. The number of thioether (sulfide) groups is 1. The highest BCUT2D eigenvalue weighted by molar-refractivity contribution is 7.99. The number of nitro groups is 2. The summed E-state index contributed by atoms with van der Waals surface area (Å²) in [5.41, 5.74) is 2.11. The molecule has 0 aromatic heterocycles. The highest BCUT2D eigenvalue weighted by atomic mass is 32.2. The number of ether oxygens (including phenoxy) is 3. The van der Waals surface area contributed by atoms with E-state index in [0.29, 0.717) is 42.8 Å². The summed E-state index contributed by atoms with van der Waals surface area (Å²) in [6.07, 6.45) is -0.311. The summed E-state index contributed by atoms with van der Waals surface area (Å²) in [7, 11) is 3.20. The molecule has 3 aromatic carbocycles. The number of methoxy groups -OCH3 is 1. The van der Waals surface area contributed by atoms with Crippen LogP contribution in [0.4, 0.5) is 21.0 Å². The van der Waals surface area contributed by atoms with E-state index in [1.807, 2.05) is 24.3 Å². The Morgan fingerprint density at radius 2 is 1.40 bits per heavy atom. The number of nitrogens with zero attached hydrogens (tertiary/aromatic N) is 5. The number of carbonyl (C=O) groups is 3. The second-order valence-electron chi connectivity index (χ2n) is 12.0. The predicted octanol–water partition coefficient (Wildman–Crippen LogP) is 5.39. The number of nitro benzene ring substituents is 2. The Hall–Kier alpha value is -5.38. The van der Waals surface area contributed by atoms with E-state index in [9.17, 15) is 34.6 Å². The van der Waals surface area contributed by atoms with Crippen LogP contribution in [-0.2, 0) is 33.2 Å². The van der Waals surface area contributed by atoms with E-state index in [1.165, 1.54) is 58.3 Å². The highest BCUT2D eigenvalue weighted by Gasteiger charge is 2.44. The Kier molecular flexibility index (Phi) is 11.7. The number of hydrogen-bond donors (Lipinski definition) is 0. The summed E-state index contributed by atoms with van der Waals surface area (Å²) in [6.45, 7) is 0.757. The third-order valence-corrected chi connectivity index (χ3v) is 10.1. The molecule has 3 aromatic rings. The number of amides is 3. The van der Waals surface area contributed by atoms with Gasteiger partial charge in [0.2, 0.25) is 5.91 Å². The third kappa shape index (κ3) is 8.99. The van der Waals surface area contributed by atoms with Gasteiger partial charge in [0.15, 0.2) is 0 Å². The topological polar surface area (TPSA) is 175 Å². The molecule has 15 nitrogen and oxygen atoms in total. The van der Waals surface area contributed by atoms with Crippen molar-refractivity contribution in [1.29, 1.82) is 0 Å². The van der Waals surface area contributed by atoms with Crippen LogP contribution in [0.15, 0.2) is 72.8 Å². The molecule has 5 rings (SSSR count). The van der Waals surface area contributed by atoms with Gasteiger partial charge in [-0.2, -0.15) is 11.8 Å². The first-order valence-electron chi connectivity index (χ1n) is 15.9. The normalized spacial score (nSPS) is 18.4. The second kappa shape index (κ2) is 16.3. The van der Waals surface area contributed by atoms with Crippen molar-refractivity contribution in [3.63, 3.8) is 0 Å². The molecule has 2 heterocycles. The molecule has 0 spiro atoms. The summed E-state index contributed by atoms with van der Waals surface area (Å²) in [6, 6.07) is 18.0. The molecule has 0 saturated carbocycles. The van der Waals surface area contributed by atoms with E-state index in [4.69, 9.17) is 14.2 Å². The second-order valence-corrected chi connectivity index (χ2v) is 13.3. The summed E-state index contributed by atoms with van der Waals surface area (Å²) in [5.74, 6) is 1.18. The van der Waals surface area contributed by atoms with Crippen LogP contribution in [0.1, 0.15) is 29.5 Å². The van der Waals surface area contributed by atoms with Crippen LogP contribution in [0.3, 0.4) is 0 Å². The molecular formula is C34H37N5O10S. The van der Waals surface area contributed by atoms with Crippen molar-refractivity contribution in [3.05, 3.63) is 110 Å². The minimum Gasteiger partial charge on any atom is -0.497 e. The number of rotatable bonds is 12. The van der Waals surface area contributed by atoms with Crippen LogP contribution in [0, 0.1) is 20.2 Å². The maximum absolute atomic E-state index is 14.0. The molecule has 0 unspecified atom stereocenters. The quantitative estimate of drug-likeness (QED) is 0.174. The van der Waals surface area contributed by atoms with Crippen molar-refractivity contribution in [3.8, 4) is 5.75 Å². The summed E-state index contributed by atoms with van der Waals surface area (Å²) >= 11 is 1.64. The minimum atomic E-state index is -0.772. The Morgan fingerprint density at radius 3 is 1.96 bits per heavy atom. The Morgan fingerprint density at radius 1 is 0.840 bits per heavy atom. The average molecular weight is 708 g/mol. The molecule has 264 valence electrons. The number of non-ortho nitro benzene ring substituents is 2. The first-order valence-corrected chi connectivity index (χ1v) is 16.9. The minimum absolute atomic E-state index is 0.0477. The first kappa shape index (κ1) is 35.9. The molecule has 16 heteroatoms. The van der Waals surface area contributed by atoms with Gasteiger partial charge in [0.1, 0.15) is 25.0 Å². The van der Waals surface area contributed by atoms with E-state index < -0.39 is 28.1 Å². The van der Waals surface area contributed by atoms with Crippen molar-refractivity contribution in [2.45, 2.75) is 49.1 Å². The van der Waals surface area contributed by atoms with Crippen LogP contribution >= 0.6 is 11.8 Å². The summed E-state index contributed by atoms with van der Waals surface area (Å²) in [4.78, 5) is 65.6. The number of likely N-dealkylation sites (N-methyl/N-ethyl adjacent to an activating group) is 1. The molecule has 0 N–H and O–H groups in total. The molecule has 2 aliphatic heterocycles. The van der Waals surface area contributed by atoms with Crippen LogP contribution in [0.5, 0.6) is 5.75 Å². The van der Waals surface area contributed by atoms with E-state index >= 15 is 0 Å². The maximum Gasteiger partial charge on any atom is 0.410 e. The average Bonchev–Trinajstić information content (AvgIpc) is 3.80. The SMILES string of the molecule is COc1ccc(CS[C@H]2C[C@@H](C(=O)N3CC[C@H](N(C)C(=O)OCc4ccc([N+](=O)[O-])cc4)C3)N(C(=O)OCc3ccc([N+](=O)[O-])cc3)C2)cc1. The monoisotopic (exact) mass is 707 g/mol. The van der Waals surface area contributed by atoms with Gasteiger partial charge in [0, 0.05) is 62.0 Å². The van der Waals surface area contributed by atoms with Crippen molar-refractivity contribution in [2.75, 3.05) is 33.8 Å². The van der Waals surface area contributed by atoms with Gasteiger partial charge in [-0.15, -0.1) is 0 Å². The molecular weight excluding hydrogens is 670 g/mol. The van der Waals surface area contributed by atoms with E-state index in [2.05, 4.69) is 0 Å². The molecule has 3 amide bonds. The number of benzene rings is 3. The fourth-order valence-electron chi connectivity index (χ4n) is 5.81. The molecule has 2 fully saturated rings. The lowest BCUT2D eigenvalue weighted by molar-refractivity contribution is -0.385.